The van der Waals surface area contributed by atoms with E-state index in [0.717, 1.165) is 69.1 Å². The van der Waals surface area contributed by atoms with Crippen LogP contribution in [0.15, 0.2) is 47.0 Å². The van der Waals surface area contributed by atoms with Crippen LogP contribution in [0.1, 0.15) is 31.2 Å². The van der Waals surface area contributed by atoms with Gasteiger partial charge in [-0.2, -0.15) is 0 Å². The number of nitrogens with zero attached hydrogens (tertiary/aromatic N) is 4. The molecule has 0 amide bonds. The molecule has 4 heterocycles. The Bertz CT molecular complexity index is 1130. The predicted molar refractivity (Wildman–Crippen MR) is 131 cm³/mol. The molecule has 0 spiro atoms. The zero-order valence-corrected chi connectivity index (χ0v) is 19.7. The summed E-state index contributed by atoms with van der Waals surface area (Å²) in [5, 5.41) is 5.03. The topological polar surface area (TPSA) is 45.0 Å². The number of para-hydroxylation sites is 1. The molecule has 3 aromatic rings. The lowest BCUT2D eigenvalue weighted by atomic mass is 9.91. The third-order valence-corrected chi connectivity index (χ3v) is 7.76. The summed E-state index contributed by atoms with van der Waals surface area (Å²) < 4.78 is 25.6. The summed E-state index contributed by atoms with van der Waals surface area (Å²) in [6.07, 6.45) is 4.92. The zero-order chi connectivity index (χ0) is 22.9. The van der Waals surface area contributed by atoms with Crippen LogP contribution in [0.3, 0.4) is 0 Å². The summed E-state index contributed by atoms with van der Waals surface area (Å²) in [6.45, 7) is 8.00. The summed E-state index contributed by atoms with van der Waals surface area (Å²) in [4.78, 5) is 7.39. The van der Waals surface area contributed by atoms with E-state index in [-0.39, 0.29) is 5.82 Å². The first-order valence-corrected chi connectivity index (χ1v) is 12.7. The van der Waals surface area contributed by atoms with Gasteiger partial charge in [-0.05, 0) is 63.0 Å². The molecule has 0 N–H and O–H groups in total. The van der Waals surface area contributed by atoms with Gasteiger partial charge in [0.25, 0.3) is 0 Å². The molecule has 7 heteroatoms. The van der Waals surface area contributed by atoms with Crippen LogP contribution in [0, 0.1) is 11.7 Å². The largest absolute Gasteiger partial charge is 0.493 e. The van der Waals surface area contributed by atoms with Crippen molar-refractivity contribution in [1.29, 1.82) is 0 Å². The first kappa shape index (κ1) is 21.9. The van der Waals surface area contributed by atoms with Gasteiger partial charge in [-0.1, -0.05) is 23.4 Å². The average Bonchev–Trinajstić information content (AvgIpc) is 3.53. The van der Waals surface area contributed by atoms with Crippen molar-refractivity contribution < 1.29 is 13.7 Å². The fraction of sp³-hybridized carbons (Fsp3) is 0.519. The summed E-state index contributed by atoms with van der Waals surface area (Å²) in [5.74, 6) is 2.11. The van der Waals surface area contributed by atoms with Crippen LogP contribution in [-0.4, -0.2) is 66.9 Å². The van der Waals surface area contributed by atoms with E-state index in [2.05, 4.69) is 44.1 Å². The SMILES string of the molecule is Fc1ccc2onc(N3CCN4C[C@@H](COc5ccccc5CN5CCCC5)CC[C@H]4C3)c2c1. The maximum atomic E-state index is 13.8. The number of hydrogen-bond acceptors (Lipinski definition) is 6. The molecule has 3 aliphatic rings. The minimum Gasteiger partial charge on any atom is -0.493 e. The highest BCUT2D eigenvalue weighted by atomic mass is 19.1. The van der Waals surface area contributed by atoms with E-state index in [9.17, 15) is 4.39 Å². The molecule has 180 valence electrons. The molecule has 0 saturated carbocycles. The van der Waals surface area contributed by atoms with E-state index >= 15 is 0 Å². The molecule has 2 aromatic carbocycles. The number of anilines is 1. The van der Waals surface area contributed by atoms with Crippen molar-refractivity contribution in [3.8, 4) is 5.75 Å². The molecule has 0 aliphatic carbocycles. The van der Waals surface area contributed by atoms with E-state index in [1.54, 1.807) is 6.07 Å². The standard InChI is InChI=1S/C27H33FN4O2/c28-22-8-10-26-24(15-22)27(29-34-26)32-14-13-31-16-20(7-9-23(31)18-32)19-33-25-6-2-1-5-21(25)17-30-11-3-4-12-30/h1-2,5-6,8,10,15,20,23H,3-4,7,9,11-14,16-19H2/t20-,23-/m0/s1. The summed E-state index contributed by atoms with van der Waals surface area (Å²) >= 11 is 0. The Morgan fingerprint density at radius 2 is 1.88 bits per heavy atom. The zero-order valence-electron chi connectivity index (χ0n) is 19.7. The lowest BCUT2D eigenvalue weighted by Gasteiger charge is -2.46. The second kappa shape index (κ2) is 9.55. The molecule has 6 nitrogen and oxygen atoms in total. The summed E-state index contributed by atoms with van der Waals surface area (Å²) in [5.41, 5.74) is 1.95. The Kier molecular flexibility index (Phi) is 6.14. The van der Waals surface area contributed by atoms with Crippen LogP contribution in [0.2, 0.25) is 0 Å². The number of likely N-dealkylation sites (tertiary alicyclic amines) is 1. The number of rotatable bonds is 6. The normalized spacial score (nSPS) is 24.0. The highest BCUT2D eigenvalue weighted by molar-refractivity contribution is 5.88. The number of ether oxygens (including phenoxy) is 1. The highest BCUT2D eigenvalue weighted by Gasteiger charge is 2.34. The Balaban J connectivity index is 1.05. The quantitative estimate of drug-likeness (QED) is 0.534. The molecule has 2 atom stereocenters. The Morgan fingerprint density at radius 1 is 1.00 bits per heavy atom. The molecule has 3 fully saturated rings. The van der Waals surface area contributed by atoms with Gasteiger partial charge in [-0.3, -0.25) is 9.80 Å². The highest BCUT2D eigenvalue weighted by Crippen LogP contribution is 2.32. The lowest BCUT2D eigenvalue weighted by Crippen LogP contribution is -2.57. The molecule has 0 radical (unpaired) electrons. The molecule has 0 bridgehead atoms. The smallest absolute Gasteiger partial charge is 0.180 e. The van der Waals surface area contributed by atoms with Gasteiger partial charge in [0.1, 0.15) is 11.6 Å². The van der Waals surface area contributed by atoms with E-state index < -0.39 is 0 Å². The predicted octanol–water partition coefficient (Wildman–Crippen LogP) is 4.54. The summed E-state index contributed by atoms with van der Waals surface area (Å²) in [7, 11) is 0. The number of benzene rings is 2. The number of fused-ring (bicyclic) bond motifs is 2. The molecule has 1 aromatic heterocycles. The first-order valence-electron chi connectivity index (χ1n) is 12.7. The number of piperidine rings is 1. The van der Waals surface area contributed by atoms with Crippen LogP contribution in [0.5, 0.6) is 5.75 Å². The van der Waals surface area contributed by atoms with Gasteiger partial charge < -0.3 is 14.2 Å². The van der Waals surface area contributed by atoms with Gasteiger partial charge in [0, 0.05) is 50.2 Å². The van der Waals surface area contributed by atoms with E-state index in [0.29, 0.717) is 17.5 Å². The molecule has 0 unspecified atom stereocenters. The molecular weight excluding hydrogens is 431 g/mol. The van der Waals surface area contributed by atoms with Crippen LogP contribution < -0.4 is 9.64 Å². The van der Waals surface area contributed by atoms with Crippen LogP contribution >= 0.6 is 0 Å². The van der Waals surface area contributed by atoms with Crippen molar-refractivity contribution in [3.63, 3.8) is 0 Å². The fourth-order valence-electron chi connectivity index (χ4n) is 5.88. The second-order valence-electron chi connectivity index (χ2n) is 10.1. The van der Waals surface area contributed by atoms with Gasteiger partial charge >= 0.3 is 0 Å². The number of aromatic nitrogens is 1. The maximum absolute atomic E-state index is 13.8. The molecule has 6 rings (SSSR count). The minimum atomic E-state index is -0.252. The average molecular weight is 465 g/mol. The number of hydrogen-bond donors (Lipinski definition) is 0. The molecular formula is C27H33FN4O2. The van der Waals surface area contributed by atoms with Gasteiger partial charge in [0.2, 0.25) is 0 Å². The molecule has 3 saturated heterocycles. The molecule has 34 heavy (non-hydrogen) atoms. The Hall–Kier alpha value is -2.64. The third-order valence-electron chi connectivity index (χ3n) is 7.76. The first-order chi connectivity index (χ1) is 16.7. The third kappa shape index (κ3) is 4.51. The van der Waals surface area contributed by atoms with Crippen molar-refractivity contribution in [2.24, 2.45) is 5.92 Å². The molecule has 3 aliphatic heterocycles. The van der Waals surface area contributed by atoms with Crippen LogP contribution in [-0.2, 0) is 6.54 Å². The van der Waals surface area contributed by atoms with Gasteiger partial charge in [-0.25, -0.2) is 4.39 Å². The van der Waals surface area contributed by atoms with Crippen molar-refractivity contribution in [2.45, 2.75) is 38.3 Å². The Labute approximate surface area is 200 Å². The van der Waals surface area contributed by atoms with Crippen molar-refractivity contribution in [3.05, 3.63) is 53.8 Å². The number of piperazine rings is 1. The van der Waals surface area contributed by atoms with Gasteiger partial charge in [-0.15, -0.1) is 0 Å². The van der Waals surface area contributed by atoms with E-state index in [1.807, 2.05) is 0 Å². The van der Waals surface area contributed by atoms with E-state index in [4.69, 9.17) is 9.26 Å². The van der Waals surface area contributed by atoms with Crippen LogP contribution in [0.25, 0.3) is 11.0 Å². The second-order valence-corrected chi connectivity index (χ2v) is 10.1. The maximum Gasteiger partial charge on any atom is 0.180 e. The van der Waals surface area contributed by atoms with Gasteiger partial charge in [0.05, 0.1) is 12.0 Å². The summed E-state index contributed by atoms with van der Waals surface area (Å²) in [6, 6.07) is 13.6. The fourth-order valence-corrected chi connectivity index (χ4v) is 5.88. The van der Waals surface area contributed by atoms with Crippen molar-refractivity contribution in [1.82, 2.24) is 15.0 Å². The Morgan fingerprint density at radius 3 is 2.79 bits per heavy atom. The van der Waals surface area contributed by atoms with E-state index in [1.165, 1.54) is 43.6 Å². The van der Waals surface area contributed by atoms with Crippen molar-refractivity contribution >= 4 is 16.8 Å². The minimum absolute atomic E-state index is 0.252. The van der Waals surface area contributed by atoms with Gasteiger partial charge in [0.15, 0.2) is 11.4 Å². The monoisotopic (exact) mass is 464 g/mol. The number of halogens is 1. The lowest BCUT2D eigenvalue weighted by molar-refractivity contribution is 0.0723. The van der Waals surface area contributed by atoms with Crippen LogP contribution in [0.4, 0.5) is 10.2 Å². The van der Waals surface area contributed by atoms with Crippen molar-refractivity contribution in [2.75, 3.05) is 50.8 Å².